The van der Waals surface area contributed by atoms with Gasteiger partial charge in [-0.2, -0.15) is 0 Å². The van der Waals surface area contributed by atoms with Gasteiger partial charge in [0.25, 0.3) is 0 Å². The van der Waals surface area contributed by atoms with Crippen LogP contribution in [0.3, 0.4) is 0 Å². The van der Waals surface area contributed by atoms with Crippen LogP contribution in [0.1, 0.15) is 24.8 Å². The molecule has 1 atom stereocenters. The number of hydrogen-bond acceptors (Lipinski definition) is 4. The fraction of sp³-hybridized carbons (Fsp3) is 0.417. The smallest absolute Gasteiger partial charge is 0.234 e. The lowest BCUT2D eigenvalue weighted by Gasteiger charge is -2.14. The second-order valence-electron chi connectivity index (χ2n) is 4.14. The zero-order chi connectivity index (χ0) is 13.8. The summed E-state index contributed by atoms with van der Waals surface area (Å²) in [6.07, 6.45) is 1.05. The molecular weight excluding hydrogens is 254 g/mol. The summed E-state index contributed by atoms with van der Waals surface area (Å²) in [4.78, 5) is 11.5. The predicted octanol–water partition coefficient (Wildman–Crippen LogP) is 1.26. The van der Waals surface area contributed by atoms with Crippen molar-refractivity contribution in [2.45, 2.75) is 19.3 Å². The minimum atomic E-state index is -3.50. The molecule has 6 heteroatoms. The van der Waals surface area contributed by atoms with Crippen LogP contribution < -0.4 is 9.46 Å². The number of para-hydroxylation sites is 1. The SMILES string of the molecule is COc1ccccc1[C@H](C)CC(=O)NS(C)(=O)=O. The van der Waals surface area contributed by atoms with E-state index in [2.05, 4.69) is 0 Å². The summed E-state index contributed by atoms with van der Waals surface area (Å²) in [5, 5.41) is 0. The number of rotatable bonds is 5. The molecule has 18 heavy (non-hydrogen) atoms. The largest absolute Gasteiger partial charge is 0.496 e. The number of benzene rings is 1. The predicted molar refractivity (Wildman–Crippen MR) is 69.0 cm³/mol. The van der Waals surface area contributed by atoms with Gasteiger partial charge in [-0.1, -0.05) is 25.1 Å². The molecule has 0 aliphatic heterocycles. The van der Waals surface area contributed by atoms with Gasteiger partial charge < -0.3 is 4.74 Å². The number of carbonyl (C=O) groups is 1. The number of hydrogen-bond donors (Lipinski definition) is 1. The summed E-state index contributed by atoms with van der Waals surface area (Å²) < 4.78 is 29.0. The molecule has 0 saturated heterocycles. The van der Waals surface area contributed by atoms with E-state index in [4.69, 9.17) is 4.74 Å². The second kappa shape index (κ2) is 5.86. The summed E-state index contributed by atoms with van der Waals surface area (Å²) in [6.45, 7) is 1.85. The van der Waals surface area contributed by atoms with Gasteiger partial charge in [0.1, 0.15) is 5.75 Å². The van der Waals surface area contributed by atoms with Crippen molar-refractivity contribution in [2.75, 3.05) is 13.4 Å². The van der Waals surface area contributed by atoms with Gasteiger partial charge in [0.05, 0.1) is 13.4 Å². The van der Waals surface area contributed by atoms with Crippen LogP contribution in [-0.4, -0.2) is 27.7 Å². The molecule has 0 aliphatic carbocycles. The Hall–Kier alpha value is -1.56. The van der Waals surface area contributed by atoms with Gasteiger partial charge in [-0.3, -0.25) is 9.52 Å². The number of nitrogens with one attached hydrogen (secondary N) is 1. The van der Waals surface area contributed by atoms with Crippen LogP contribution in [0.2, 0.25) is 0 Å². The molecule has 0 radical (unpaired) electrons. The van der Waals surface area contributed by atoms with Gasteiger partial charge in [-0.25, -0.2) is 8.42 Å². The van der Waals surface area contributed by atoms with E-state index in [9.17, 15) is 13.2 Å². The molecule has 1 amide bonds. The van der Waals surface area contributed by atoms with Crippen molar-refractivity contribution in [3.63, 3.8) is 0 Å². The first-order valence-corrected chi connectivity index (χ1v) is 7.36. The molecule has 0 aromatic heterocycles. The van der Waals surface area contributed by atoms with Crippen LogP contribution >= 0.6 is 0 Å². The average Bonchev–Trinajstić information content (AvgIpc) is 2.26. The molecule has 0 unspecified atom stereocenters. The lowest BCUT2D eigenvalue weighted by molar-refractivity contribution is -0.119. The summed E-state index contributed by atoms with van der Waals surface area (Å²) in [5.41, 5.74) is 0.878. The van der Waals surface area contributed by atoms with E-state index in [1.54, 1.807) is 13.2 Å². The van der Waals surface area contributed by atoms with Gasteiger partial charge >= 0.3 is 0 Å². The van der Waals surface area contributed by atoms with Crippen LogP contribution in [0, 0.1) is 0 Å². The van der Waals surface area contributed by atoms with Crippen molar-refractivity contribution in [1.82, 2.24) is 4.72 Å². The van der Waals surface area contributed by atoms with Crippen LogP contribution in [0.5, 0.6) is 5.75 Å². The van der Waals surface area contributed by atoms with Gasteiger partial charge in [-0.15, -0.1) is 0 Å². The maximum atomic E-state index is 11.5. The molecule has 0 heterocycles. The zero-order valence-electron chi connectivity index (χ0n) is 10.6. The third-order valence-corrected chi connectivity index (χ3v) is 3.06. The highest BCUT2D eigenvalue weighted by Crippen LogP contribution is 2.28. The average molecular weight is 271 g/mol. The molecule has 1 N–H and O–H groups in total. The molecule has 0 fully saturated rings. The molecule has 1 aromatic rings. The Balaban J connectivity index is 2.76. The molecule has 100 valence electrons. The van der Waals surface area contributed by atoms with Crippen molar-refractivity contribution in [3.05, 3.63) is 29.8 Å². The van der Waals surface area contributed by atoms with E-state index in [0.717, 1.165) is 11.8 Å². The van der Waals surface area contributed by atoms with E-state index in [-0.39, 0.29) is 12.3 Å². The summed E-state index contributed by atoms with van der Waals surface area (Å²) in [5.74, 6) is 0.0518. The summed E-state index contributed by atoms with van der Waals surface area (Å²) in [7, 11) is -1.94. The Kier molecular flexibility index (Phi) is 4.72. The highest BCUT2D eigenvalue weighted by molar-refractivity contribution is 7.89. The maximum absolute atomic E-state index is 11.5. The lowest BCUT2D eigenvalue weighted by atomic mass is 9.97. The molecule has 5 nitrogen and oxygen atoms in total. The molecule has 0 saturated carbocycles. The summed E-state index contributed by atoms with van der Waals surface area (Å²) >= 11 is 0. The Morgan fingerprint density at radius 3 is 2.56 bits per heavy atom. The Morgan fingerprint density at radius 2 is 2.00 bits per heavy atom. The molecule has 0 spiro atoms. The highest BCUT2D eigenvalue weighted by Gasteiger charge is 2.16. The van der Waals surface area contributed by atoms with Crippen LogP contribution in [0.25, 0.3) is 0 Å². The number of amides is 1. The highest BCUT2D eigenvalue weighted by atomic mass is 32.2. The molecule has 0 aliphatic rings. The fourth-order valence-corrected chi connectivity index (χ4v) is 2.21. The Labute approximate surface area is 107 Å². The van der Waals surface area contributed by atoms with E-state index >= 15 is 0 Å². The normalized spacial score (nSPS) is 12.8. The van der Waals surface area contributed by atoms with Gasteiger partial charge in [0.2, 0.25) is 15.9 Å². The minimum absolute atomic E-state index is 0.0907. The number of methoxy groups -OCH3 is 1. The Bertz CT molecular complexity index is 525. The fourth-order valence-electron chi connectivity index (χ4n) is 1.71. The van der Waals surface area contributed by atoms with E-state index < -0.39 is 15.9 Å². The topological polar surface area (TPSA) is 72.5 Å². The van der Waals surface area contributed by atoms with Gasteiger partial charge in [-0.05, 0) is 17.5 Å². The van der Waals surface area contributed by atoms with Gasteiger partial charge in [0, 0.05) is 6.42 Å². The lowest BCUT2D eigenvalue weighted by Crippen LogP contribution is -2.30. The standard InChI is InChI=1S/C12H17NO4S/c1-9(8-12(14)13-18(3,15)16)10-6-4-5-7-11(10)17-2/h4-7,9H,8H2,1-3H3,(H,13,14)/t9-/m1/s1. The number of ether oxygens (including phenoxy) is 1. The molecule has 1 rings (SSSR count). The van der Waals surface area contributed by atoms with E-state index in [0.29, 0.717) is 5.75 Å². The first-order chi connectivity index (χ1) is 8.33. The van der Waals surface area contributed by atoms with Crippen molar-refractivity contribution in [2.24, 2.45) is 0 Å². The second-order valence-corrected chi connectivity index (χ2v) is 5.89. The first kappa shape index (κ1) is 14.5. The van der Waals surface area contributed by atoms with Crippen molar-refractivity contribution < 1.29 is 17.9 Å². The Morgan fingerprint density at radius 1 is 1.39 bits per heavy atom. The van der Waals surface area contributed by atoms with Crippen molar-refractivity contribution in [3.8, 4) is 5.75 Å². The van der Waals surface area contributed by atoms with Crippen LogP contribution in [0.4, 0.5) is 0 Å². The first-order valence-electron chi connectivity index (χ1n) is 5.47. The summed E-state index contributed by atoms with van der Waals surface area (Å²) in [6, 6.07) is 7.35. The van der Waals surface area contributed by atoms with E-state index in [1.807, 2.05) is 29.8 Å². The van der Waals surface area contributed by atoms with Crippen LogP contribution in [-0.2, 0) is 14.8 Å². The van der Waals surface area contributed by atoms with Crippen molar-refractivity contribution in [1.29, 1.82) is 0 Å². The number of carbonyl (C=O) groups excluding carboxylic acids is 1. The molecule has 1 aromatic carbocycles. The third kappa shape index (κ3) is 4.37. The quantitative estimate of drug-likeness (QED) is 0.875. The maximum Gasteiger partial charge on any atom is 0.234 e. The molecule has 0 bridgehead atoms. The number of sulfonamides is 1. The minimum Gasteiger partial charge on any atom is -0.496 e. The monoisotopic (exact) mass is 271 g/mol. The molecular formula is C12H17NO4S. The van der Waals surface area contributed by atoms with E-state index in [1.165, 1.54) is 0 Å². The zero-order valence-corrected chi connectivity index (χ0v) is 11.5. The van der Waals surface area contributed by atoms with Crippen LogP contribution in [0.15, 0.2) is 24.3 Å². The van der Waals surface area contributed by atoms with Crippen molar-refractivity contribution >= 4 is 15.9 Å². The van der Waals surface area contributed by atoms with Gasteiger partial charge in [0.15, 0.2) is 0 Å². The third-order valence-electron chi connectivity index (χ3n) is 2.46.